The van der Waals surface area contributed by atoms with Gasteiger partial charge in [-0.3, -0.25) is 5.32 Å². The first kappa shape index (κ1) is 11.4. The third-order valence-corrected chi connectivity index (χ3v) is 3.52. The van der Waals surface area contributed by atoms with Crippen molar-refractivity contribution < 1.29 is 4.74 Å². The molecule has 0 aromatic rings. The summed E-state index contributed by atoms with van der Waals surface area (Å²) in [6.45, 7) is 9.90. The Morgan fingerprint density at radius 2 is 2.13 bits per heavy atom. The summed E-state index contributed by atoms with van der Waals surface area (Å²) in [5.41, 5.74) is 0.0403. The molecule has 2 fully saturated rings. The maximum Gasteiger partial charge on any atom is 0.117 e. The molecule has 88 valence electrons. The maximum absolute atomic E-state index is 5.92. The van der Waals surface area contributed by atoms with Gasteiger partial charge in [-0.15, -0.1) is 0 Å². The molecular weight excluding hydrogens is 188 g/mol. The van der Waals surface area contributed by atoms with Crippen LogP contribution < -0.4 is 5.32 Å². The number of nitrogens with zero attached hydrogens (tertiary/aromatic N) is 1. The van der Waals surface area contributed by atoms with Crippen LogP contribution in [-0.4, -0.2) is 42.9 Å². The van der Waals surface area contributed by atoms with Gasteiger partial charge in [0.15, 0.2) is 0 Å². The van der Waals surface area contributed by atoms with E-state index in [9.17, 15) is 0 Å². The lowest BCUT2D eigenvalue weighted by Crippen LogP contribution is -2.47. The molecule has 3 nitrogen and oxygen atoms in total. The van der Waals surface area contributed by atoms with Crippen LogP contribution in [0.1, 0.15) is 33.6 Å². The van der Waals surface area contributed by atoms with Crippen LogP contribution in [0.15, 0.2) is 0 Å². The Labute approximate surface area is 93.2 Å². The van der Waals surface area contributed by atoms with Crippen LogP contribution in [0, 0.1) is 5.92 Å². The molecule has 1 N–H and O–H groups in total. The Balaban J connectivity index is 1.89. The second-order valence-electron chi connectivity index (χ2n) is 6.15. The maximum atomic E-state index is 5.92. The highest BCUT2D eigenvalue weighted by Crippen LogP contribution is 2.31. The second kappa shape index (κ2) is 3.72. The van der Waals surface area contributed by atoms with E-state index in [4.69, 9.17) is 4.74 Å². The normalized spacial score (nSPS) is 41.2. The molecule has 2 aliphatic heterocycles. The fourth-order valence-corrected chi connectivity index (χ4v) is 2.98. The SMILES string of the molecule is CN1CCC(CC2(C)NC(C)(C)CO2)C1. The largest absolute Gasteiger partial charge is 0.359 e. The molecule has 2 unspecified atom stereocenters. The molecule has 0 aliphatic carbocycles. The smallest absolute Gasteiger partial charge is 0.117 e. The first-order valence-electron chi connectivity index (χ1n) is 6.00. The van der Waals surface area contributed by atoms with Crippen molar-refractivity contribution in [1.82, 2.24) is 10.2 Å². The molecule has 2 heterocycles. The van der Waals surface area contributed by atoms with E-state index in [0.717, 1.165) is 18.9 Å². The number of hydrogen-bond donors (Lipinski definition) is 1. The van der Waals surface area contributed by atoms with Gasteiger partial charge >= 0.3 is 0 Å². The van der Waals surface area contributed by atoms with Crippen molar-refractivity contribution >= 4 is 0 Å². The van der Waals surface area contributed by atoms with E-state index in [2.05, 4.69) is 38.0 Å². The quantitative estimate of drug-likeness (QED) is 0.749. The highest BCUT2D eigenvalue weighted by molar-refractivity contribution is 4.94. The number of rotatable bonds is 2. The van der Waals surface area contributed by atoms with Crippen LogP contribution in [0.2, 0.25) is 0 Å². The summed E-state index contributed by atoms with van der Waals surface area (Å²) in [6.07, 6.45) is 2.46. The zero-order valence-corrected chi connectivity index (χ0v) is 10.5. The molecule has 0 bridgehead atoms. The number of ether oxygens (including phenoxy) is 1. The molecule has 3 heteroatoms. The molecular formula is C12H24N2O. The van der Waals surface area contributed by atoms with Crippen molar-refractivity contribution in [3.63, 3.8) is 0 Å². The minimum atomic E-state index is -0.0979. The number of likely N-dealkylation sites (tertiary alicyclic amines) is 1. The van der Waals surface area contributed by atoms with Crippen LogP contribution in [0.4, 0.5) is 0 Å². The fourth-order valence-electron chi connectivity index (χ4n) is 2.98. The highest BCUT2D eigenvalue weighted by atomic mass is 16.5. The zero-order chi connectivity index (χ0) is 11.1. The summed E-state index contributed by atoms with van der Waals surface area (Å²) >= 11 is 0. The van der Waals surface area contributed by atoms with E-state index in [1.165, 1.54) is 19.5 Å². The molecule has 2 rings (SSSR count). The van der Waals surface area contributed by atoms with Crippen LogP contribution in [0.25, 0.3) is 0 Å². The Kier molecular flexibility index (Phi) is 2.82. The lowest BCUT2D eigenvalue weighted by atomic mass is 9.96. The summed E-state index contributed by atoms with van der Waals surface area (Å²) in [7, 11) is 2.20. The van der Waals surface area contributed by atoms with Crippen molar-refractivity contribution in [3.8, 4) is 0 Å². The van der Waals surface area contributed by atoms with Gasteiger partial charge in [-0.25, -0.2) is 0 Å². The molecule has 0 aromatic carbocycles. The summed E-state index contributed by atoms with van der Waals surface area (Å²) in [5, 5.41) is 3.61. The van der Waals surface area contributed by atoms with Gasteiger partial charge < -0.3 is 9.64 Å². The van der Waals surface area contributed by atoms with Crippen molar-refractivity contribution in [2.24, 2.45) is 5.92 Å². The van der Waals surface area contributed by atoms with Crippen LogP contribution in [0.5, 0.6) is 0 Å². The van der Waals surface area contributed by atoms with Crippen molar-refractivity contribution in [2.45, 2.75) is 44.9 Å². The zero-order valence-electron chi connectivity index (χ0n) is 10.5. The van der Waals surface area contributed by atoms with Gasteiger partial charge in [-0.2, -0.15) is 0 Å². The summed E-state index contributed by atoms with van der Waals surface area (Å²) in [4.78, 5) is 2.41. The molecule has 2 atom stereocenters. The third kappa shape index (κ3) is 2.71. The minimum Gasteiger partial charge on any atom is -0.359 e. The Morgan fingerprint density at radius 3 is 2.60 bits per heavy atom. The first-order valence-corrected chi connectivity index (χ1v) is 6.00. The van der Waals surface area contributed by atoms with Gasteiger partial charge in [0.25, 0.3) is 0 Å². The molecule has 0 spiro atoms. The average Bonchev–Trinajstić information content (AvgIpc) is 2.57. The van der Waals surface area contributed by atoms with Gasteiger partial charge in [0.05, 0.1) is 6.61 Å². The third-order valence-electron chi connectivity index (χ3n) is 3.52. The number of hydrogen-bond acceptors (Lipinski definition) is 3. The van der Waals surface area contributed by atoms with Gasteiger partial charge in [-0.1, -0.05) is 0 Å². The van der Waals surface area contributed by atoms with Crippen molar-refractivity contribution in [3.05, 3.63) is 0 Å². The van der Waals surface area contributed by atoms with Gasteiger partial charge in [0.1, 0.15) is 5.72 Å². The average molecular weight is 212 g/mol. The Bertz CT molecular complexity index is 242. The molecule has 0 amide bonds. The molecule has 0 saturated carbocycles. The lowest BCUT2D eigenvalue weighted by Gasteiger charge is -2.29. The molecule has 2 saturated heterocycles. The Hall–Kier alpha value is -0.120. The van der Waals surface area contributed by atoms with E-state index in [0.29, 0.717) is 0 Å². The summed E-state index contributed by atoms with van der Waals surface area (Å²) < 4.78 is 5.92. The van der Waals surface area contributed by atoms with Gasteiger partial charge in [0, 0.05) is 12.1 Å². The molecule has 15 heavy (non-hydrogen) atoms. The van der Waals surface area contributed by atoms with Crippen LogP contribution >= 0.6 is 0 Å². The lowest BCUT2D eigenvalue weighted by molar-refractivity contribution is -0.0124. The number of nitrogens with one attached hydrogen (secondary N) is 1. The van der Waals surface area contributed by atoms with Crippen molar-refractivity contribution in [2.75, 3.05) is 26.7 Å². The van der Waals surface area contributed by atoms with Gasteiger partial charge in [-0.05, 0) is 53.1 Å². The molecule has 0 radical (unpaired) electrons. The molecule has 2 aliphatic rings. The standard InChI is InChI=1S/C12H24N2O/c1-11(2)9-15-12(3,13-11)7-10-5-6-14(4)8-10/h10,13H,5-9H2,1-4H3. The van der Waals surface area contributed by atoms with E-state index in [1.807, 2.05) is 0 Å². The summed E-state index contributed by atoms with van der Waals surface area (Å²) in [6, 6.07) is 0. The second-order valence-corrected chi connectivity index (χ2v) is 6.15. The summed E-state index contributed by atoms with van der Waals surface area (Å²) in [5.74, 6) is 0.793. The van der Waals surface area contributed by atoms with E-state index in [-0.39, 0.29) is 11.3 Å². The predicted octanol–water partition coefficient (Wildman–Crippen LogP) is 1.44. The predicted molar refractivity (Wildman–Crippen MR) is 61.8 cm³/mol. The topological polar surface area (TPSA) is 24.5 Å². The van der Waals surface area contributed by atoms with Crippen LogP contribution in [0.3, 0.4) is 0 Å². The Morgan fingerprint density at radius 1 is 1.40 bits per heavy atom. The highest BCUT2D eigenvalue weighted by Gasteiger charge is 2.41. The van der Waals surface area contributed by atoms with E-state index < -0.39 is 0 Å². The van der Waals surface area contributed by atoms with Crippen molar-refractivity contribution in [1.29, 1.82) is 0 Å². The van der Waals surface area contributed by atoms with Gasteiger partial charge in [0.2, 0.25) is 0 Å². The van der Waals surface area contributed by atoms with E-state index >= 15 is 0 Å². The fraction of sp³-hybridized carbons (Fsp3) is 1.00. The monoisotopic (exact) mass is 212 g/mol. The van der Waals surface area contributed by atoms with Crippen LogP contribution in [-0.2, 0) is 4.74 Å². The van der Waals surface area contributed by atoms with E-state index in [1.54, 1.807) is 0 Å². The first-order chi connectivity index (χ1) is 6.89. The molecule has 0 aromatic heterocycles. The minimum absolute atomic E-state index is 0.0979.